The molecule has 0 radical (unpaired) electrons. The highest BCUT2D eigenvalue weighted by molar-refractivity contribution is 5.98. The lowest BCUT2D eigenvalue weighted by Gasteiger charge is -2.12. The summed E-state index contributed by atoms with van der Waals surface area (Å²) in [5, 5.41) is 11.7. The fraction of sp³-hybridized carbons (Fsp3) is 0.417. The van der Waals surface area contributed by atoms with Gasteiger partial charge in [-0.05, 0) is 25.0 Å². The van der Waals surface area contributed by atoms with Crippen LogP contribution in [0.5, 0.6) is 0 Å². The molecule has 6 nitrogen and oxygen atoms in total. The van der Waals surface area contributed by atoms with Crippen LogP contribution < -0.4 is 11.1 Å². The van der Waals surface area contributed by atoms with Gasteiger partial charge in [0, 0.05) is 12.7 Å². The van der Waals surface area contributed by atoms with Crippen molar-refractivity contribution in [1.82, 2.24) is 4.98 Å². The Balaban J connectivity index is 2.71. The number of nitrogens with zero attached hydrogens (tertiary/aromatic N) is 1. The van der Waals surface area contributed by atoms with Gasteiger partial charge in [0.2, 0.25) is 0 Å². The Labute approximate surface area is 105 Å². The van der Waals surface area contributed by atoms with Gasteiger partial charge in [-0.2, -0.15) is 0 Å². The van der Waals surface area contributed by atoms with Crippen LogP contribution >= 0.6 is 0 Å². The second kappa shape index (κ2) is 6.00. The molecule has 0 spiro atoms. The number of nitrogens with one attached hydrogen (secondary N) is 1. The van der Waals surface area contributed by atoms with Crippen molar-refractivity contribution in [3.63, 3.8) is 0 Å². The zero-order chi connectivity index (χ0) is 13.7. The molecule has 0 aliphatic rings. The molecule has 1 unspecified atom stereocenters. The van der Waals surface area contributed by atoms with Crippen LogP contribution in [0.1, 0.15) is 29.3 Å². The number of carbonyl (C=O) groups excluding carboxylic acids is 1. The number of aliphatic carboxylic acids is 1. The lowest BCUT2D eigenvalue weighted by Crippen LogP contribution is -2.19. The molecule has 0 bridgehead atoms. The quantitative estimate of drug-likeness (QED) is 0.699. The molecule has 0 aliphatic carbocycles. The summed E-state index contributed by atoms with van der Waals surface area (Å²) in [4.78, 5) is 26.0. The van der Waals surface area contributed by atoms with Crippen molar-refractivity contribution >= 4 is 17.7 Å². The number of carboxylic acid groups (broad SMARTS) is 1. The van der Waals surface area contributed by atoms with E-state index in [0.29, 0.717) is 24.3 Å². The molecule has 98 valence electrons. The van der Waals surface area contributed by atoms with Gasteiger partial charge >= 0.3 is 5.97 Å². The lowest BCUT2D eigenvalue weighted by atomic mass is 10.1. The Bertz CT molecular complexity index is 460. The highest BCUT2D eigenvalue weighted by atomic mass is 16.4. The molecule has 1 rings (SSSR count). The second-order valence-electron chi connectivity index (χ2n) is 4.17. The average molecular weight is 251 g/mol. The third kappa shape index (κ3) is 3.44. The number of anilines is 1. The summed E-state index contributed by atoms with van der Waals surface area (Å²) < 4.78 is 0. The molecule has 4 N–H and O–H groups in total. The fourth-order valence-electron chi connectivity index (χ4n) is 1.53. The standard InChI is InChI=1S/C12H17N3O3/c1-7-3-5-14-11(9(7)10(13)16)15-6-4-8(2)12(17)18/h3,5,8H,4,6H2,1-2H3,(H2,13,16)(H,14,15)(H,17,18). The summed E-state index contributed by atoms with van der Waals surface area (Å²) in [5.74, 6) is -1.43. The summed E-state index contributed by atoms with van der Waals surface area (Å²) in [5.41, 5.74) is 6.37. The van der Waals surface area contributed by atoms with Crippen molar-refractivity contribution in [3.8, 4) is 0 Å². The summed E-state index contributed by atoms with van der Waals surface area (Å²) in [6.45, 7) is 3.82. The summed E-state index contributed by atoms with van der Waals surface area (Å²) in [7, 11) is 0. The van der Waals surface area contributed by atoms with E-state index >= 15 is 0 Å². The molecular weight excluding hydrogens is 234 g/mol. The first kappa shape index (κ1) is 14.0. The molecule has 0 saturated heterocycles. The van der Waals surface area contributed by atoms with Crippen LogP contribution in [0.15, 0.2) is 12.3 Å². The molecule has 0 saturated carbocycles. The Morgan fingerprint density at radius 2 is 2.22 bits per heavy atom. The first-order valence-corrected chi connectivity index (χ1v) is 5.65. The minimum atomic E-state index is -0.843. The maximum absolute atomic E-state index is 11.3. The molecule has 6 heteroatoms. The molecular formula is C12H17N3O3. The van der Waals surface area contributed by atoms with E-state index in [2.05, 4.69) is 10.3 Å². The number of aryl methyl sites for hydroxylation is 1. The van der Waals surface area contributed by atoms with E-state index in [1.54, 1.807) is 26.1 Å². The molecule has 1 aromatic rings. The number of nitrogens with two attached hydrogens (primary N) is 1. The molecule has 1 atom stereocenters. The van der Waals surface area contributed by atoms with Gasteiger partial charge in [0.25, 0.3) is 5.91 Å². The van der Waals surface area contributed by atoms with Crippen molar-refractivity contribution in [1.29, 1.82) is 0 Å². The van der Waals surface area contributed by atoms with Crippen LogP contribution in [0, 0.1) is 12.8 Å². The van der Waals surface area contributed by atoms with Gasteiger partial charge in [0.15, 0.2) is 0 Å². The first-order chi connectivity index (χ1) is 8.43. The number of hydrogen-bond donors (Lipinski definition) is 3. The van der Waals surface area contributed by atoms with Crippen LogP contribution in [-0.4, -0.2) is 28.5 Å². The van der Waals surface area contributed by atoms with Crippen LogP contribution in [0.25, 0.3) is 0 Å². The largest absolute Gasteiger partial charge is 0.481 e. The van der Waals surface area contributed by atoms with E-state index < -0.39 is 17.8 Å². The third-order valence-corrected chi connectivity index (χ3v) is 2.70. The van der Waals surface area contributed by atoms with Crippen LogP contribution in [0.4, 0.5) is 5.82 Å². The predicted molar refractivity (Wildman–Crippen MR) is 67.4 cm³/mol. The fourth-order valence-corrected chi connectivity index (χ4v) is 1.53. The smallest absolute Gasteiger partial charge is 0.306 e. The second-order valence-corrected chi connectivity index (χ2v) is 4.17. The Kier molecular flexibility index (Phi) is 4.65. The first-order valence-electron chi connectivity index (χ1n) is 5.65. The molecule has 0 aliphatic heterocycles. The van der Waals surface area contributed by atoms with Gasteiger partial charge in [-0.3, -0.25) is 9.59 Å². The summed E-state index contributed by atoms with van der Waals surface area (Å²) in [6.07, 6.45) is 2.02. The summed E-state index contributed by atoms with van der Waals surface area (Å²) >= 11 is 0. The molecule has 1 amide bonds. The van der Waals surface area contributed by atoms with Crippen molar-refractivity contribution in [2.75, 3.05) is 11.9 Å². The van der Waals surface area contributed by atoms with Crippen LogP contribution in [0.2, 0.25) is 0 Å². The van der Waals surface area contributed by atoms with Gasteiger partial charge in [-0.25, -0.2) is 4.98 Å². The Morgan fingerprint density at radius 1 is 1.56 bits per heavy atom. The molecule has 0 fully saturated rings. The van der Waals surface area contributed by atoms with E-state index in [0.717, 1.165) is 5.56 Å². The Morgan fingerprint density at radius 3 is 2.78 bits per heavy atom. The number of pyridine rings is 1. The third-order valence-electron chi connectivity index (χ3n) is 2.70. The van der Waals surface area contributed by atoms with Gasteiger partial charge in [-0.15, -0.1) is 0 Å². The SMILES string of the molecule is Cc1ccnc(NCCC(C)C(=O)O)c1C(N)=O. The number of amides is 1. The minimum Gasteiger partial charge on any atom is -0.481 e. The van der Waals surface area contributed by atoms with Crippen molar-refractivity contribution in [2.45, 2.75) is 20.3 Å². The van der Waals surface area contributed by atoms with E-state index in [-0.39, 0.29) is 0 Å². The highest BCUT2D eigenvalue weighted by Gasteiger charge is 2.14. The zero-order valence-electron chi connectivity index (χ0n) is 10.4. The summed E-state index contributed by atoms with van der Waals surface area (Å²) in [6, 6.07) is 1.70. The molecule has 18 heavy (non-hydrogen) atoms. The van der Waals surface area contributed by atoms with Gasteiger partial charge in [-0.1, -0.05) is 6.92 Å². The van der Waals surface area contributed by atoms with Crippen molar-refractivity contribution < 1.29 is 14.7 Å². The number of rotatable bonds is 6. The van der Waals surface area contributed by atoms with E-state index in [4.69, 9.17) is 10.8 Å². The average Bonchev–Trinajstić information content (AvgIpc) is 2.28. The van der Waals surface area contributed by atoms with Crippen LogP contribution in [-0.2, 0) is 4.79 Å². The van der Waals surface area contributed by atoms with E-state index in [9.17, 15) is 9.59 Å². The maximum atomic E-state index is 11.3. The zero-order valence-corrected chi connectivity index (χ0v) is 10.4. The van der Waals surface area contributed by atoms with Gasteiger partial charge in [0.1, 0.15) is 5.82 Å². The molecule has 1 heterocycles. The number of carbonyl (C=O) groups is 2. The van der Waals surface area contributed by atoms with Crippen LogP contribution in [0.3, 0.4) is 0 Å². The number of aromatic nitrogens is 1. The maximum Gasteiger partial charge on any atom is 0.306 e. The lowest BCUT2D eigenvalue weighted by molar-refractivity contribution is -0.141. The normalized spacial score (nSPS) is 11.9. The number of carboxylic acids is 1. The van der Waals surface area contributed by atoms with Crippen molar-refractivity contribution in [3.05, 3.63) is 23.4 Å². The van der Waals surface area contributed by atoms with Gasteiger partial charge < -0.3 is 16.2 Å². The monoisotopic (exact) mass is 251 g/mol. The van der Waals surface area contributed by atoms with E-state index in [1.807, 2.05) is 0 Å². The predicted octanol–water partition coefficient (Wildman–Crippen LogP) is 1.01. The Hall–Kier alpha value is -2.11. The number of hydrogen-bond acceptors (Lipinski definition) is 4. The van der Waals surface area contributed by atoms with Gasteiger partial charge in [0.05, 0.1) is 11.5 Å². The number of primary amides is 1. The minimum absolute atomic E-state index is 0.348. The highest BCUT2D eigenvalue weighted by Crippen LogP contribution is 2.16. The topological polar surface area (TPSA) is 105 Å². The van der Waals surface area contributed by atoms with Crippen molar-refractivity contribution in [2.24, 2.45) is 11.7 Å². The van der Waals surface area contributed by atoms with E-state index in [1.165, 1.54) is 0 Å². The molecule has 1 aromatic heterocycles. The molecule has 0 aromatic carbocycles.